The number of Topliss-reactive ketones (excluding diaryl/α,β-unsaturated/α-hetero) is 2. The van der Waals surface area contributed by atoms with Crippen molar-refractivity contribution < 1.29 is 18.0 Å². The average molecular weight is 406 g/mol. The number of aromatic nitrogens is 1. The molecule has 1 aliphatic carbocycles. The molecule has 0 amide bonds. The molecule has 9 heteroatoms. The maximum Gasteiger partial charge on any atom is 0.263 e. The molecule has 0 saturated carbocycles. The van der Waals surface area contributed by atoms with E-state index in [0.717, 1.165) is 0 Å². The lowest BCUT2D eigenvalue weighted by Crippen LogP contribution is -2.18. The van der Waals surface area contributed by atoms with Gasteiger partial charge >= 0.3 is 0 Å². The van der Waals surface area contributed by atoms with Gasteiger partial charge in [-0.15, -0.1) is 0 Å². The molecule has 0 spiro atoms. The summed E-state index contributed by atoms with van der Waals surface area (Å²) in [5, 5.41) is 7.82. The highest BCUT2D eigenvalue weighted by atomic mass is 32.2. The van der Waals surface area contributed by atoms with Crippen molar-refractivity contribution in [2.24, 2.45) is 10.2 Å². The van der Waals surface area contributed by atoms with Crippen LogP contribution in [0, 0.1) is 0 Å². The van der Waals surface area contributed by atoms with Crippen LogP contribution < -0.4 is 4.72 Å². The molecule has 1 N–H and O–H groups in total. The molecular formula is C20H14N4O4S. The van der Waals surface area contributed by atoms with Gasteiger partial charge in [0.15, 0.2) is 17.6 Å². The third-order valence-corrected chi connectivity index (χ3v) is 5.66. The average Bonchev–Trinajstić information content (AvgIpc) is 2.98. The number of nitrogens with one attached hydrogen (secondary N) is 1. The summed E-state index contributed by atoms with van der Waals surface area (Å²) >= 11 is 0. The summed E-state index contributed by atoms with van der Waals surface area (Å²) in [7, 11) is -3.81. The normalized spacial score (nSPS) is 14.3. The Morgan fingerprint density at radius 3 is 2.03 bits per heavy atom. The largest absolute Gasteiger partial charge is 0.291 e. The quantitative estimate of drug-likeness (QED) is 0.514. The van der Waals surface area contributed by atoms with Crippen LogP contribution in [0.2, 0.25) is 0 Å². The summed E-state index contributed by atoms with van der Waals surface area (Å²) in [5.74, 6) is -0.588. The number of benzene rings is 2. The van der Waals surface area contributed by atoms with Gasteiger partial charge in [0.05, 0.1) is 10.6 Å². The van der Waals surface area contributed by atoms with Crippen LogP contribution in [-0.2, 0) is 10.0 Å². The number of ketones is 2. The molecular weight excluding hydrogens is 392 g/mol. The SMILES string of the molecule is O=C1c2ccccc2C(=O)C1N=Nc1ccc(S(=O)(=O)Nc2ccccn2)cc1. The van der Waals surface area contributed by atoms with Gasteiger partial charge in [0, 0.05) is 17.3 Å². The van der Waals surface area contributed by atoms with Gasteiger partial charge in [0.25, 0.3) is 10.0 Å². The van der Waals surface area contributed by atoms with Gasteiger partial charge in [-0.05, 0) is 36.4 Å². The van der Waals surface area contributed by atoms with Crippen LogP contribution in [0.15, 0.2) is 88.1 Å². The predicted molar refractivity (Wildman–Crippen MR) is 105 cm³/mol. The van der Waals surface area contributed by atoms with Gasteiger partial charge < -0.3 is 0 Å². The van der Waals surface area contributed by atoms with Gasteiger partial charge in [-0.2, -0.15) is 10.2 Å². The van der Waals surface area contributed by atoms with Crippen molar-refractivity contribution in [2.45, 2.75) is 10.9 Å². The van der Waals surface area contributed by atoms with Crippen LogP contribution in [0.5, 0.6) is 0 Å². The summed E-state index contributed by atoms with van der Waals surface area (Å²) < 4.78 is 27.2. The van der Waals surface area contributed by atoms with Crippen LogP contribution in [-0.4, -0.2) is 31.0 Å². The van der Waals surface area contributed by atoms with E-state index in [1.165, 1.54) is 36.5 Å². The number of fused-ring (bicyclic) bond motifs is 1. The summed E-state index contributed by atoms with van der Waals surface area (Å²) in [6.45, 7) is 0. The number of hydrogen-bond acceptors (Lipinski definition) is 7. The van der Waals surface area contributed by atoms with E-state index in [0.29, 0.717) is 16.8 Å². The smallest absolute Gasteiger partial charge is 0.263 e. The topological polar surface area (TPSA) is 118 Å². The first-order valence-corrected chi connectivity index (χ1v) is 10.1. The Hall–Kier alpha value is -3.72. The van der Waals surface area contributed by atoms with Crippen molar-refractivity contribution >= 4 is 33.1 Å². The maximum absolute atomic E-state index is 12.4. The van der Waals surface area contributed by atoms with E-state index in [-0.39, 0.29) is 10.7 Å². The van der Waals surface area contributed by atoms with Crippen LogP contribution in [0.3, 0.4) is 0 Å². The maximum atomic E-state index is 12.4. The molecule has 0 atom stereocenters. The second kappa shape index (κ2) is 7.36. The number of rotatable bonds is 5. The Morgan fingerprint density at radius 1 is 0.828 bits per heavy atom. The standard InChI is InChI=1S/C20H14N4O4S/c25-19-15-5-1-2-6-16(15)20(26)18(19)23-22-13-8-10-14(11-9-13)29(27,28)24-17-7-3-4-12-21-17/h1-12,18H,(H,21,24). The zero-order chi connectivity index (χ0) is 20.4. The fourth-order valence-corrected chi connectivity index (χ4v) is 3.88. The van der Waals surface area contributed by atoms with E-state index in [1.807, 2.05) is 0 Å². The van der Waals surface area contributed by atoms with Crippen molar-refractivity contribution in [1.29, 1.82) is 0 Å². The van der Waals surface area contributed by atoms with Crippen molar-refractivity contribution in [3.05, 3.63) is 84.1 Å². The van der Waals surface area contributed by atoms with Crippen LogP contribution in [0.4, 0.5) is 11.5 Å². The number of hydrogen-bond donors (Lipinski definition) is 1. The molecule has 29 heavy (non-hydrogen) atoms. The van der Waals surface area contributed by atoms with E-state index in [2.05, 4.69) is 19.9 Å². The molecule has 0 unspecified atom stereocenters. The number of sulfonamides is 1. The van der Waals surface area contributed by atoms with Crippen LogP contribution >= 0.6 is 0 Å². The summed E-state index contributed by atoms with van der Waals surface area (Å²) in [6.07, 6.45) is 1.48. The number of carbonyl (C=O) groups excluding carboxylic acids is 2. The van der Waals surface area contributed by atoms with Gasteiger partial charge in [-0.25, -0.2) is 13.4 Å². The first-order chi connectivity index (χ1) is 14.0. The Morgan fingerprint density at radius 2 is 1.45 bits per heavy atom. The Bertz CT molecular complexity index is 1190. The van der Waals surface area contributed by atoms with Crippen molar-refractivity contribution in [2.75, 3.05) is 4.72 Å². The molecule has 4 rings (SSSR count). The molecule has 8 nitrogen and oxygen atoms in total. The highest BCUT2D eigenvalue weighted by Gasteiger charge is 2.38. The van der Waals surface area contributed by atoms with Crippen molar-refractivity contribution in [3.63, 3.8) is 0 Å². The lowest BCUT2D eigenvalue weighted by atomic mass is 10.1. The third-order valence-electron chi connectivity index (χ3n) is 4.29. The first-order valence-electron chi connectivity index (χ1n) is 8.58. The molecule has 2 aromatic carbocycles. The fraction of sp³-hybridized carbons (Fsp3) is 0.0500. The van der Waals surface area contributed by atoms with Gasteiger partial charge in [-0.3, -0.25) is 14.3 Å². The zero-order valence-electron chi connectivity index (χ0n) is 14.9. The minimum atomic E-state index is -3.81. The highest BCUT2D eigenvalue weighted by Crippen LogP contribution is 2.26. The zero-order valence-corrected chi connectivity index (χ0v) is 15.7. The third kappa shape index (κ3) is 3.67. The molecule has 1 aromatic heterocycles. The monoisotopic (exact) mass is 406 g/mol. The van der Waals surface area contributed by atoms with E-state index < -0.39 is 27.6 Å². The fourth-order valence-electron chi connectivity index (χ4n) is 2.87. The molecule has 0 radical (unpaired) electrons. The van der Waals surface area contributed by atoms with Gasteiger partial charge in [0.2, 0.25) is 0 Å². The molecule has 0 aliphatic heterocycles. The number of azo groups is 1. The van der Waals surface area contributed by atoms with E-state index in [4.69, 9.17) is 0 Å². The summed E-state index contributed by atoms with van der Waals surface area (Å²) in [4.78, 5) is 28.6. The molecule has 0 saturated heterocycles. The lowest BCUT2D eigenvalue weighted by molar-refractivity contribution is 0.0891. The Balaban J connectivity index is 1.50. The van der Waals surface area contributed by atoms with E-state index in [9.17, 15) is 18.0 Å². The molecule has 144 valence electrons. The minimum Gasteiger partial charge on any atom is -0.291 e. The van der Waals surface area contributed by atoms with Gasteiger partial charge in [0.1, 0.15) is 5.82 Å². The number of pyridine rings is 1. The number of nitrogens with zero attached hydrogens (tertiary/aromatic N) is 3. The minimum absolute atomic E-state index is 0.0162. The molecule has 3 aromatic rings. The second-order valence-corrected chi connectivity index (χ2v) is 7.89. The number of anilines is 1. The Labute approximate surface area is 166 Å². The second-order valence-electron chi connectivity index (χ2n) is 6.21. The lowest BCUT2D eigenvalue weighted by Gasteiger charge is -2.07. The summed E-state index contributed by atoms with van der Waals surface area (Å²) in [6, 6.07) is 15.8. The van der Waals surface area contributed by atoms with Gasteiger partial charge in [-0.1, -0.05) is 30.3 Å². The van der Waals surface area contributed by atoms with E-state index >= 15 is 0 Å². The van der Waals surface area contributed by atoms with Crippen LogP contribution in [0.1, 0.15) is 20.7 Å². The summed E-state index contributed by atoms with van der Waals surface area (Å²) in [5.41, 5.74) is 0.991. The molecule has 0 bridgehead atoms. The van der Waals surface area contributed by atoms with Crippen molar-refractivity contribution in [1.82, 2.24) is 4.98 Å². The highest BCUT2D eigenvalue weighted by molar-refractivity contribution is 7.92. The number of carbonyl (C=O) groups is 2. The molecule has 0 fully saturated rings. The van der Waals surface area contributed by atoms with E-state index in [1.54, 1.807) is 36.4 Å². The Kier molecular flexibility index (Phi) is 4.73. The van der Waals surface area contributed by atoms with Crippen LogP contribution in [0.25, 0.3) is 0 Å². The molecule has 1 heterocycles. The van der Waals surface area contributed by atoms with Crippen molar-refractivity contribution in [3.8, 4) is 0 Å². The predicted octanol–water partition coefficient (Wildman–Crippen LogP) is 3.41. The first kappa shape index (κ1) is 18.6. The molecule has 1 aliphatic rings.